The van der Waals surface area contributed by atoms with Crippen LogP contribution in [0.25, 0.3) is 0 Å². The molecule has 0 aliphatic carbocycles. The van der Waals surface area contributed by atoms with Gasteiger partial charge in [0.15, 0.2) is 0 Å². The van der Waals surface area contributed by atoms with Crippen LogP contribution < -0.4 is 5.32 Å². The van der Waals surface area contributed by atoms with Crippen molar-refractivity contribution in [3.05, 3.63) is 53.3 Å². The van der Waals surface area contributed by atoms with E-state index in [0.29, 0.717) is 17.3 Å². The van der Waals surface area contributed by atoms with Crippen LogP contribution in [0.15, 0.2) is 42.6 Å². The molecule has 23 heavy (non-hydrogen) atoms. The topological polar surface area (TPSA) is 51.4 Å². The molecule has 6 heteroatoms. The largest absolute Gasteiger partial charge is 0.364 e. The third-order valence-electron chi connectivity index (χ3n) is 4.04. The fourth-order valence-corrected chi connectivity index (χ4v) is 2.95. The van der Waals surface area contributed by atoms with E-state index in [1.807, 2.05) is 30.5 Å². The van der Waals surface area contributed by atoms with E-state index in [9.17, 15) is 4.79 Å². The molecule has 0 spiro atoms. The lowest BCUT2D eigenvalue weighted by Crippen LogP contribution is -2.48. The Labute approximate surface area is 141 Å². The highest BCUT2D eigenvalue weighted by Gasteiger charge is 2.19. The maximum Gasteiger partial charge on any atom is 0.238 e. The number of para-hydroxylation sites is 1. The van der Waals surface area contributed by atoms with Crippen LogP contribution in [0.4, 0.5) is 5.69 Å². The maximum atomic E-state index is 12.1. The standard InChI is InChI=1S/C17H21ClN4O/c18-15-5-1-2-6-16(15)20-17(23)13-22-10-8-21(9-11-22)12-14-4-3-7-19-14/h1-7,19H,8-13H2,(H,20,23). The second-order valence-electron chi connectivity index (χ2n) is 5.78. The Morgan fingerprint density at radius 3 is 2.52 bits per heavy atom. The predicted molar refractivity (Wildman–Crippen MR) is 92.6 cm³/mol. The van der Waals surface area contributed by atoms with E-state index in [-0.39, 0.29) is 5.91 Å². The lowest BCUT2D eigenvalue weighted by Gasteiger charge is -2.34. The molecule has 2 N–H and O–H groups in total. The number of carbonyl (C=O) groups excluding carboxylic acids is 1. The molecule has 1 fully saturated rings. The summed E-state index contributed by atoms with van der Waals surface area (Å²) in [5, 5.41) is 3.44. The second-order valence-corrected chi connectivity index (χ2v) is 6.18. The fourth-order valence-electron chi connectivity index (χ4n) is 2.77. The van der Waals surface area contributed by atoms with Crippen molar-refractivity contribution in [3.8, 4) is 0 Å². The maximum absolute atomic E-state index is 12.1. The van der Waals surface area contributed by atoms with E-state index in [1.54, 1.807) is 6.07 Å². The van der Waals surface area contributed by atoms with Crippen LogP contribution in [0.3, 0.4) is 0 Å². The highest BCUT2D eigenvalue weighted by atomic mass is 35.5. The summed E-state index contributed by atoms with van der Waals surface area (Å²) < 4.78 is 0. The molecule has 0 atom stereocenters. The molecule has 2 heterocycles. The van der Waals surface area contributed by atoms with Crippen LogP contribution in [0.1, 0.15) is 5.69 Å². The van der Waals surface area contributed by atoms with E-state index in [0.717, 1.165) is 32.7 Å². The van der Waals surface area contributed by atoms with Crippen molar-refractivity contribution in [1.29, 1.82) is 0 Å². The average Bonchev–Trinajstić information content (AvgIpc) is 3.04. The SMILES string of the molecule is O=C(CN1CCN(Cc2ccc[nH]2)CC1)Nc1ccccc1Cl. The van der Waals surface area contributed by atoms with Gasteiger partial charge in [-0.05, 0) is 24.3 Å². The van der Waals surface area contributed by atoms with Crippen molar-refractivity contribution < 1.29 is 4.79 Å². The summed E-state index contributed by atoms with van der Waals surface area (Å²) in [4.78, 5) is 19.9. The van der Waals surface area contributed by atoms with Crippen LogP contribution in [0, 0.1) is 0 Å². The first-order valence-corrected chi connectivity index (χ1v) is 8.20. The second kappa shape index (κ2) is 7.64. The molecule has 1 aromatic heterocycles. The Morgan fingerprint density at radius 2 is 1.83 bits per heavy atom. The number of hydrogen-bond acceptors (Lipinski definition) is 3. The lowest BCUT2D eigenvalue weighted by atomic mass is 10.2. The van der Waals surface area contributed by atoms with Crippen molar-refractivity contribution in [2.45, 2.75) is 6.54 Å². The number of nitrogens with one attached hydrogen (secondary N) is 2. The fraction of sp³-hybridized carbons (Fsp3) is 0.353. The smallest absolute Gasteiger partial charge is 0.238 e. The number of nitrogens with zero attached hydrogens (tertiary/aromatic N) is 2. The van der Waals surface area contributed by atoms with Crippen LogP contribution in [0.2, 0.25) is 5.02 Å². The monoisotopic (exact) mass is 332 g/mol. The molecular formula is C17H21ClN4O. The van der Waals surface area contributed by atoms with Gasteiger partial charge in [-0.1, -0.05) is 23.7 Å². The molecule has 122 valence electrons. The summed E-state index contributed by atoms with van der Waals surface area (Å²) in [5.41, 5.74) is 1.90. The molecule has 0 unspecified atom stereocenters. The van der Waals surface area contributed by atoms with Gasteiger partial charge >= 0.3 is 0 Å². The number of aromatic nitrogens is 1. The summed E-state index contributed by atoms with van der Waals surface area (Å²) in [6.45, 7) is 5.08. The minimum absolute atomic E-state index is 0.0177. The lowest BCUT2D eigenvalue weighted by molar-refractivity contribution is -0.117. The van der Waals surface area contributed by atoms with Gasteiger partial charge in [-0.15, -0.1) is 0 Å². The summed E-state index contributed by atoms with van der Waals surface area (Å²) in [7, 11) is 0. The van der Waals surface area contributed by atoms with Crippen molar-refractivity contribution in [3.63, 3.8) is 0 Å². The molecule has 2 aromatic rings. The van der Waals surface area contributed by atoms with Gasteiger partial charge in [0, 0.05) is 44.6 Å². The Morgan fingerprint density at radius 1 is 1.09 bits per heavy atom. The van der Waals surface area contributed by atoms with Gasteiger partial charge in [-0.3, -0.25) is 14.6 Å². The third kappa shape index (κ3) is 4.58. The zero-order chi connectivity index (χ0) is 16.1. The number of anilines is 1. The van der Waals surface area contributed by atoms with Crippen LogP contribution in [-0.2, 0) is 11.3 Å². The van der Waals surface area contributed by atoms with Crippen molar-refractivity contribution in [2.75, 3.05) is 38.0 Å². The van der Waals surface area contributed by atoms with Gasteiger partial charge < -0.3 is 10.3 Å². The number of hydrogen-bond donors (Lipinski definition) is 2. The van der Waals surface area contributed by atoms with Gasteiger partial charge in [-0.25, -0.2) is 0 Å². The average molecular weight is 333 g/mol. The summed E-state index contributed by atoms with van der Waals surface area (Å²) >= 11 is 6.06. The van der Waals surface area contributed by atoms with Crippen LogP contribution >= 0.6 is 11.6 Å². The van der Waals surface area contributed by atoms with Crippen LogP contribution in [-0.4, -0.2) is 53.4 Å². The summed E-state index contributed by atoms with van der Waals surface area (Å²) in [5.74, 6) is -0.0177. The molecule has 0 saturated carbocycles. The molecule has 3 rings (SSSR count). The van der Waals surface area contributed by atoms with Gasteiger partial charge in [0.25, 0.3) is 0 Å². The van der Waals surface area contributed by atoms with E-state index in [1.165, 1.54) is 5.69 Å². The Hall–Kier alpha value is -1.82. The molecular weight excluding hydrogens is 312 g/mol. The number of halogens is 1. The van der Waals surface area contributed by atoms with E-state index in [2.05, 4.69) is 26.2 Å². The molecule has 1 aliphatic heterocycles. The number of amides is 1. The summed E-state index contributed by atoms with van der Waals surface area (Å²) in [6.07, 6.45) is 1.95. The Bertz CT molecular complexity index is 636. The normalized spacial score (nSPS) is 16.4. The zero-order valence-corrected chi connectivity index (χ0v) is 13.7. The highest BCUT2D eigenvalue weighted by molar-refractivity contribution is 6.33. The van der Waals surface area contributed by atoms with Crippen LogP contribution in [0.5, 0.6) is 0 Å². The number of carbonyl (C=O) groups is 1. The molecule has 1 amide bonds. The minimum Gasteiger partial charge on any atom is -0.364 e. The van der Waals surface area contributed by atoms with E-state index in [4.69, 9.17) is 11.6 Å². The third-order valence-corrected chi connectivity index (χ3v) is 4.37. The number of H-pyrrole nitrogens is 1. The van der Waals surface area contributed by atoms with Crippen molar-refractivity contribution >= 4 is 23.2 Å². The summed E-state index contributed by atoms with van der Waals surface area (Å²) in [6, 6.07) is 11.4. The van der Waals surface area contributed by atoms with Crippen molar-refractivity contribution in [1.82, 2.24) is 14.8 Å². The quantitative estimate of drug-likeness (QED) is 0.884. The highest BCUT2D eigenvalue weighted by Crippen LogP contribution is 2.20. The van der Waals surface area contributed by atoms with Gasteiger partial charge in [0.1, 0.15) is 0 Å². The van der Waals surface area contributed by atoms with E-state index < -0.39 is 0 Å². The minimum atomic E-state index is -0.0177. The molecule has 1 saturated heterocycles. The number of piperazine rings is 1. The van der Waals surface area contributed by atoms with Gasteiger partial charge in [0.2, 0.25) is 5.91 Å². The zero-order valence-electron chi connectivity index (χ0n) is 13.0. The first kappa shape index (κ1) is 16.1. The first-order valence-electron chi connectivity index (χ1n) is 7.82. The molecule has 0 radical (unpaired) electrons. The molecule has 1 aliphatic rings. The Kier molecular flexibility index (Phi) is 5.33. The molecule has 0 bridgehead atoms. The van der Waals surface area contributed by atoms with Gasteiger partial charge in [-0.2, -0.15) is 0 Å². The first-order chi connectivity index (χ1) is 11.2. The van der Waals surface area contributed by atoms with Gasteiger partial charge in [0.05, 0.1) is 17.3 Å². The molecule has 5 nitrogen and oxygen atoms in total. The number of rotatable bonds is 5. The molecule has 1 aromatic carbocycles. The predicted octanol–water partition coefficient (Wildman–Crippen LogP) is 2.42. The van der Waals surface area contributed by atoms with Crippen molar-refractivity contribution in [2.24, 2.45) is 0 Å². The Balaban J connectivity index is 1.43. The number of benzene rings is 1. The number of aromatic amines is 1. The van der Waals surface area contributed by atoms with E-state index >= 15 is 0 Å².